The zero-order valence-corrected chi connectivity index (χ0v) is 25.3. The van der Waals surface area contributed by atoms with Gasteiger partial charge in [-0.1, -0.05) is 185 Å². The van der Waals surface area contributed by atoms with E-state index >= 15 is 0 Å². The molecule has 0 unspecified atom stereocenters. The van der Waals surface area contributed by atoms with Gasteiger partial charge in [0.15, 0.2) is 0 Å². The normalized spacial score (nSPS) is 8.81. The van der Waals surface area contributed by atoms with Crippen molar-refractivity contribution in [3.05, 3.63) is 208 Å². The lowest BCUT2D eigenvalue weighted by Crippen LogP contribution is -1.87. The lowest BCUT2D eigenvalue weighted by molar-refractivity contribution is -0.135. The summed E-state index contributed by atoms with van der Waals surface area (Å²) in [5.74, 6) is -0.329. The van der Waals surface area contributed by atoms with Crippen molar-refractivity contribution in [2.24, 2.45) is 0 Å². The zero-order valence-electron chi connectivity index (χ0n) is 25.3. The molecule has 0 aromatic heterocycles. The van der Waals surface area contributed by atoms with Crippen molar-refractivity contribution in [1.29, 1.82) is 0 Å². The van der Waals surface area contributed by atoms with Gasteiger partial charge in [-0.3, -0.25) is 4.79 Å². The molecule has 2 nitrogen and oxygen atoms in total. The Morgan fingerprint density at radius 1 is 0.714 bits per heavy atom. The van der Waals surface area contributed by atoms with Gasteiger partial charge in [-0.25, -0.2) is 0 Å². The van der Waals surface area contributed by atoms with E-state index in [1.54, 1.807) is 18.2 Å². The molecule has 42 heavy (non-hydrogen) atoms. The molecule has 218 valence electrons. The highest BCUT2D eigenvalue weighted by Crippen LogP contribution is 2.00. The Balaban J connectivity index is 0. The van der Waals surface area contributed by atoms with Gasteiger partial charge in [-0.05, 0) is 35.6 Å². The summed E-state index contributed by atoms with van der Waals surface area (Å²) in [7, 11) is 0. The van der Waals surface area contributed by atoms with Gasteiger partial charge in [-0.15, -0.1) is 6.58 Å². The van der Waals surface area contributed by atoms with Crippen molar-refractivity contribution in [1.82, 2.24) is 0 Å². The van der Waals surface area contributed by atoms with Gasteiger partial charge in [0.2, 0.25) is 0 Å². The highest BCUT2D eigenvalue weighted by atomic mass is 16.5. The van der Waals surface area contributed by atoms with Gasteiger partial charge in [0.25, 0.3) is 0 Å². The predicted octanol–water partition coefficient (Wildman–Crippen LogP) is 11.2. The third kappa shape index (κ3) is 26.4. The van der Waals surface area contributed by atoms with Crippen molar-refractivity contribution < 1.29 is 9.53 Å². The van der Waals surface area contributed by atoms with Crippen LogP contribution in [0.2, 0.25) is 0 Å². The molecule has 0 spiro atoms. The van der Waals surface area contributed by atoms with Gasteiger partial charge in [0, 0.05) is 6.92 Å². The number of carbonyl (C=O) groups is 1. The van der Waals surface area contributed by atoms with Crippen LogP contribution < -0.4 is 0 Å². The maximum Gasteiger partial charge on any atom is 0.307 e. The van der Waals surface area contributed by atoms with Gasteiger partial charge < -0.3 is 4.74 Å². The molecule has 0 aliphatic heterocycles. The summed E-state index contributed by atoms with van der Waals surface area (Å²) in [4.78, 5) is 9.75. The van der Waals surface area contributed by atoms with Crippen LogP contribution in [0.4, 0.5) is 0 Å². The summed E-state index contributed by atoms with van der Waals surface area (Å²) in [6.07, 6.45) is 21.0. The fraction of sp³-hybridized carbons (Fsp3) is 0.0750. The number of benzene rings is 3. The number of hydrogen-bond donors (Lipinski definition) is 0. The summed E-state index contributed by atoms with van der Waals surface area (Å²) >= 11 is 0. The molecular weight excluding hydrogens is 512 g/mol. The summed E-state index contributed by atoms with van der Waals surface area (Å²) in [6.45, 7) is 24.5. The Morgan fingerprint density at radius 2 is 1.21 bits per heavy atom. The highest BCUT2D eigenvalue weighted by Gasteiger charge is 1.82. The Hall–Kier alpha value is -5.21. The fourth-order valence-electron chi connectivity index (χ4n) is 2.66. The molecule has 0 aliphatic carbocycles. The third-order valence-electron chi connectivity index (χ3n) is 4.68. The van der Waals surface area contributed by atoms with Crippen LogP contribution in [0.1, 0.15) is 30.5 Å². The van der Waals surface area contributed by atoms with E-state index in [-0.39, 0.29) is 5.97 Å². The molecule has 3 aromatic rings. The van der Waals surface area contributed by atoms with Gasteiger partial charge in [-0.2, -0.15) is 0 Å². The number of ether oxygens (including phenoxy) is 1. The van der Waals surface area contributed by atoms with Crippen LogP contribution in [0.25, 0.3) is 12.2 Å². The molecule has 0 radical (unpaired) electrons. The van der Waals surface area contributed by atoms with Crippen LogP contribution in [0, 0.1) is 0 Å². The van der Waals surface area contributed by atoms with Crippen molar-refractivity contribution in [3.63, 3.8) is 0 Å². The quantitative estimate of drug-likeness (QED) is 0.113. The summed E-state index contributed by atoms with van der Waals surface area (Å²) in [6, 6.07) is 30.5. The first-order valence-electron chi connectivity index (χ1n) is 13.4. The number of carbonyl (C=O) groups excluding carboxylic acids is 1. The predicted molar refractivity (Wildman–Crippen MR) is 188 cm³/mol. The molecule has 0 saturated carbocycles. The van der Waals surface area contributed by atoms with Crippen LogP contribution in [0.15, 0.2) is 191 Å². The maximum atomic E-state index is 9.75. The molecule has 3 aromatic carbocycles. The van der Waals surface area contributed by atoms with Crippen LogP contribution in [-0.2, 0) is 16.0 Å². The molecule has 3 rings (SSSR count). The van der Waals surface area contributed by atoms with E-state index in [2.05, 4.69) is 68.5 Å². The second-order valence-electron chi connectivity index (χ2n) is 7.98. The summed E-state index contributed by atoms with van der Waals surface area (Å²) in [5, 5.41) is 0. The van der Waals surface area contributed by atoms with E-state index in [1.165, 1.54) is 23.6 Å². The second kappa shape index (κ2) is 30.3. The first-order chi connectivity index (χ1) is 20.4. The first kappa shape index (κ1) is 38.9. The number of hydrogen-bond acceptors (Lipinski definition) is 2. The SMILES string of the molecule is C=CC(C=C)=CC=CC.C=CC=Cc1ccccc1.C=CCc1ccccc1.C=COC(C)=O.C=Cc1ccccc1. The maximum absolute atomic E-state index is 9.75. The lowest BCUT2D eigenvalue weighted by Gasteiger charge is -1.91. The summed E-state index contributed by atoms with van der Waals surface area (Å²) < 4.78 is 4.17. The molecule has 0 bridgehead atoms. The Labute approximate surface area is 255 Å². The minimum absolute atomic E-state index is 0.329. The Bertz CT molecular complexity index is 1220. The topological polar surface area (TPSA) is 26.3 Å². The molecule has 0 N–H and O–H groups in total. The molecule has 0 saturated heterocycles. The molecule has 0 aliphatic rings. The molecule has 0 fully saturated rings. The standard InChI is InChI=1S/C10H10.C9H10.C9H12.C8H8.C4H6O2/c1-2-3-7-10-8-5-4-6-9-10;1-2-6-9-7-4-3-5-8-9;1-4-7-8-9(5-2)6-3;1-2-8-6-4-3-5-7-8;1-3-6-4(2)5/h2-9H,1H2;2-5,7-8H,1,6H2;4-8H,2-3H2,1H3;2-7H,1H2;3H,1H2,2H3. The van der Waals surface area contributed by atoms with Gasteiger partial charge in [0.1, 0.15) is 0 Å². The minimum atomic E-state index is -0.329. The highest BCUT2D eigenvalue weighted by molar-refractivity contribution is 5.66. The van der Waals surface area contributed by atoms with Crippen molar-refractivity contribution >= 4 is 18.1 Å². The van der Waals surface area contributed by atoms with E-state index in [0.29, 0.717) is 0 Å². The average Bonchev–Trinajstić information content (AvgIpc) is 3.03. The van der Waals surface area contributed by atoms with Crippen LogP contribution in [-0.4, -0.2) is 5.97 Å². The minimum Gasteiger partial charge on any atom is -0.435 e. The Kier molecular flexibility index (Phi) is 28.1. The Morgan fingerprint density at radius 3 is 1.55 bits per heavy atom. The lowest BCUT2D eigenvalue weighted by atomic mass is 10.2. The molecule has 2 heteroatoms. The molecular formula is C40H46O2. The monoisotopic (exact) mass is 558 g/mol. The van der Waals surface area contributed by atoms with Crippen molar-refractivity contribution in [2.45, 2.75) is 20.3 Å². The molecule has 0 heterocycles. The third-order valence-corrected chi connectivity index (χ3v) is 4.68. The van der Waals surface area contributed by atoms with E-state index in [9.17, 15) is 4.79 Å². The van der Waals surface area contributed by atoms with Crippen molar-refractivity contribution in [2.75, 3.05) is 0 Å². The van der Waals surface area contributed by atoms with Crippen LogP contribution >= 0.6 is 0 Å². The number of rotatable bonds is 9. The van der Waals surface area contributed by atoms with Crippen LogP contribution in [0.5, 0.6) is 0 Å². The number of esters is 1. The first-order valence-corrected chi connectivity index (χ1v) is 13.4. The molecule has 0 atom stereocenters. The van der Waals surface area contributed by atoms with Crippen molar-refractivity contribution in [3.8, 4) is 0 Å². The van der Waals surface area contributed by atoms with Crippen LogP contribution in [0.3, 0.4) is 0 Å². The fourth-order valence-corrected chi connectivity index (χ4v) is 2.66. The molecule has 0 amide bonds. The van der Waals surface area contributed by atoms with E-state index in [1.807, 2.05) is 116 Å². The summed E-state index contributed by atoms with van der Waals surface area (Å²) in [5.41, 5.74) is 4.76. The van der Waals surface area contributed by atoms with E-state index < -0.39 is 0 Å². The van der Waals surface area contributed by atoms with E-state index in [0.717, 1.165) is 18.3 Å². The second-order valence-corrected chi connectivity index (χ2v) is 7.98. The van der Waals surface area contributed by atoms with E-state index in [4.69, 9.17) is 0 Å². The van der Waals surface area contributed by atoms with Gasteiger partial charge in [0.05, 0.1) is 6.26 Å². The number of allylic oxidation sites excluding steroid dienone is 9. The van der Waals surface area contributed by atoms with Gasteiger partial charge >= 0.3 is 5.97 Å². The zero-order chi connectivity index (χ0) is 31.7. The average molecular weight is 559 g/mol. The smallest absolute Gasteiger partial charge is 0.307 e. The largest absolute Gasteiger partial charge is 0.435 e.